The molecule has 0 aromatic heterocycles. The first kappa shape index (κ1) is 26.3. The number of guanidine groups is 1. The Morgan fingerprint density at radius 3 is 2.45 bits per heavy atom. The third-order valence-corrected chi connectivity index (χ3v) is 7.60. The van der Waals surface area contributed by atoms with E-state index in [1.165, 1.54) is 44.1 Å². The van der Waals surface area contributed by atoms with Crippen LogP contribution in [0.5, 0.6) is 11.5 Å². The van der Waals surface area contributed by atoms with Gasteiger partial charge in [-0.3, -0.25) is 9.89 Å². The average molecular weight is 573 g/mol. The maximum atomic E-state index is 5.62. The summed E-state index contributed by atoms with van der Waals surface area (Å²) in [6.45, 7) is 6.44. The summed E-state index contributed by atoms with van der Waals surface area (Å²) >= 11 is 0. The molecule has 1 aromatic rings. The minimum absolute atomic E-state index is 0. The highest BCUT2D eigenvalue weighted by Crippen LogP contribution is 2.43. The molecule has 2 saturated heterocycles. The number of morpholine rings is 1. The van der Waals surface area contributed by atoms with Crippen molar-refractivity contribution in [2.24, 2.45) is 10.4 Å². The van der Waals surface area contributed by atoms with Gasteiger partial charge in [-0.2, -0.15) is 0 Å². The van der Waals surface area contributed by atoms with Gasteiger partial charge in [0.25, 0.3) is 0 Å². The second-order valence-corrected chi connectivity index (χ2v) is 9.44. The lowest BCUT2D eigenvalue weighted by Gasteiger charge is -2.36. The summed E-state index contributed by atoms with van der Waals surface area (Å²) in [5, 5.41) is 3.72. The van der Waals surface area contributed by atoms with Crippen LogP contribution >= 0.6 is 24.0 Å². The number of nitrogens with zero attached hydrogens (tertiary/aromatic N) is 3. The van der Waals surface area contributed by atoms with Gasteiger partial charge in [0.15, 0.2) is 17.5 Å². The van der Waals surface area contributed by atoms with Crippen LogP contribution in [0.2, 0.25) is 0 Å². The van der Waals surface area contributed by atoms with Crippen molar-refractivity contribution in [1.29, 1.82) is 0 Å². The van der Waals surface area contributed by atoms with E-state index in [4.69, 9.17) is 14.2 Å². The molecule has 1 unspecified atom stereocenters. The van der Waals surface area contributed by atoms with Gasteiger partial charge in [0.05, 0.1) is 33.5 Å². The molecule has 0 amide bonds. The Morgan fingerprint density at radius 2 is 1.79 bits per heavy atom. The number of hydrogen-bond donors (Lipinski definition) is 1. The molecule has 1 atom stereocenters. The normalized spacial score (nSPS) is 22.0. The van der Waals surface area contributed by atoms with Crippen LogP contribution in [0.1, 0.15) is 50.1 Å². The maximum Gasteiger partial charge on any atom is 0.193 e. The van der Waals surface area contributed by atoms with E-state index in [0.29, 0.717) is 5.41 Å². The van der Waals surface area contributed by atoms with Gasteiger partial charge in [0.2, 0.25) is 0 Å². The SMILES string of the molecule is CN=C(NCC(c1ccc(OC)c(OC)c1)N1CCOCC1)N1CCC2(CCCCC2)C1.I. The van der Waals surface area contributed by atoms with Crippen LogP contribution in [-0.2, 0) is 4.74 Å². The number of halogens is 1. The van der Waals surface area contributed by atoms with Crippen molar-refractivity contribution in [3.05, 3.63) is 23.8 Å². The van der Waals surface area contributed by atoms with Crippen molar-refractivity contribution >= 4 is 29.9 Å². The molecule has 7 nitrogen and oxygen atoms in total. The molecule has 1 saturated carbocycles. The van der Waals surface area contributed by atoms with E-state index in [1.807, 2.05) is 13.1 Å². The fraction of sp³-hybridized carbons (Fsp3) is 0.720. The van der Waals surface area contributed by atoms with Crippen molar-refractivity contribution in [2.75, 3.05) is 67.2 Å². The summed E-state index contributed by atoms with van der Waals surface area (Å²) < 4.78 is 16.7. The Morgan fingerprint density at radius 1 is 1.06 bits per heavy atom. The van der Waals surface area contributed by atoms with E-state index in [0.717, 1.165) is 63.4 Å². The lowest BCUT2D eigenvalue weighted by molar-refractivity contribution is 0.0168. The number of hydrogen-bond acceptors (Lipinski definition) is 5. The first-order valence-electron chi connectivity index (χ1n) is 12.2. The summed E-state index contributed by atoms with van der Waals surface area (Å²) in [6, 6.07) is 6.47. The molecule has 3 fully saturated rings. The number of benzene rings is 1. The number of nitrogens with one attached hydrogen (secondary N) is 1. The van der Waals surface area contributed by atoms with Crippen molar-refractivity contribution in [2.45, 2.75) is 44.6 Å². The molecule has 8 heteroatoms. The van der Waals surface area contributed by atoms with Crippen molar-refractivity contribution in [1.82, 2.24) is 15.1 Å². The fourth-order valence-electron chi connectivity index (χ4n) is 5.75. The van der Waals surface area contributed by atoms with E-state index in [2.05, 4.69) is 32.2 Å². The second kappa shape index (κ2) is 12.4. The van der Waals surface area contributed by atoms with Gasteiger partial charge in [0.1, 0.15) is 0 Å². The number of ether oxygens (including phenoxy) is 3. The zero-order valence-corrected chi connectivity index (χ0v) is 22.8. The Bertz CT molecular complexity index is 779. The first-order valence-corrected chi connectivity index (χ1v) is 12.2. The number of methoxy groups -OCH3 is 2. The lowest BCUT2D eigenvalue weighted by atomic mass is 9.73. The topological polar surface area (TPSA) is 58.6 Å². The first-order chi connectivity index (χ1) is 15.7. The molecule has 1 aliphatic carbocycles. The zero-order chi connectivity index (χ0) is 22.4. The summed E-state index contributed by atoms with van der Waals surface area (Å²) in [4.78, 5) is 9.64. The number of aliphatic imine (C=N–C) groups is 1. The van der Waals surface area contributed by atoms with Crippen molar-refractivity contribution in [3.63, 3.8) is 0 Å². The van der Waals surface area contributed by atoms with Gasteiger partial charge in [-0.25, -0.2) is 0 Å². The fourth-order valence-corrected chi connectivity index (χ4v) is 5.75. The van der Waals surface area contributed by atoms with E-state index < -0.39 is 0 Å². The van der Waals surface area contributed by atoms with Gasteiger partial charge < -0.3 is 24.4 Å². The molecule has 2 aliphatic heterocycles. The average Bonchev–Trinajstić information content (AvgIpc) is 3.25. The van der Waals surface area contributed by atoms with E-state index in [9.17, 15) is 0 Å². The summed E-state index contributed by atoms with van der Waals surface area (Å²) in [7, 11) is 5.28. The van der Waals surface area contributed by atoms with Gasteiger partial charge in [-0.15, -0.1) is 24.0 Å². The van der Waals surface area contributed by atoms with Gasteiger partial charge in [-0.1, -0.05) is 25.3 Å². The Kier molecular flexibility index (Phi) is 9.94. The quantitative estimate of drug-likeness (QED) is 0.317. The molecule has 0 radical (unpaired) electrons. The van der Waals surface area contributed by atoms with Crippen molar-refractivity contribution in [3.8, 4) is 11.5 Å². The van der Waals surface area contributed by atoms with E-state index in [1.54, 1.807) is 14.2 Å². The van der Waals surface area contributed by atoms with Crippen LogP contribution in [0.15, 0.2) is 23.2 Å². The molecule has 2 heterocycles. The van der Waals surface area contributed by atoms with Crippen LogP contribution in [-0.4, -0.2) is 83.0 Å². The third-order valence-electron chi connectivity index (χ3n) is 7.60. The van der Waals surface area contributed by atoms with E-state index in [-0.39, 0.29) is 30.0 Å². The van der Waals surface area contributed by atoms with Crippen LogP contribution in [0.4, 0.5) is 0 Å². The predicted octanol–water partition coefficient (Wildman–Crippen LogP) is 3.93. The predicted molar refractivity (Wildman–Crippen MR) is 143 cm³/mol. The molecule has 4 rings (SSSR count). The van der Waals surface area contributed by atoms with Crippen LogP contribution in [0, 0.1) is 5.41 Å². The molecule has 33 heavy (non-hydrogen) atoms. The monoisotopic (exact) mass is 572 g/mol. The summed E-state index contributed by atoms with van der Waals surface area (Å²) in [5.74, 6) is 2.56. The number of likely N-dealkylation sites (tertiary alicyclic amines) is 1. The summed E-state index contributed by atoms with van der Waals surface area (Å²) in [5.41, 5.74) is 1.74. The smallest absolute Gasteiger partial charge is 0.193 e. The third kappa shape index (κ3) is 6.25. The van der Waals surface area contributed by atoms with Crippen LogP contribution in [0.25, 0.3) is 0 Å². The maximum absolute atomic E-state index is 5.62. The molecule has 186 valence electrons. The minimum atomic E-state index is 0. The molecule has 1 spiro atoms. The van der Waals surface area contributed by atoms with Crippen LogP contribution < -0.4 is 14.8 Å². The van der Waals surface area contributed by atoms with Gasteiger partial charge >= 0.3 is 0 Å². The molecule has 1 aromatic carbocycles. The molecule has 0 bridgehead atoms. The molecule has 1 N–H and O–H groups in total. The van der Waals surface area contributed by atoms with Crippen molar-refractivity contribution < 1.29 is 14.2 Å². The van der Waals surface area contributed by atoms with Gasteiger partial charge in [0, 0.05) is 39.8 Å². The number of rotatable bonds is 6. The highest BCUT2D eigenvalue weighted by molar-refractivity contribution is 14.0. The highest BCUT2D eigenvalue weighted by atomic mass is 127. The Labute approximate surface area is 216 Å². The van der Waals surface area contributed by atoms with E-state index >= 15 is 0 Å². The van der Waals surface area contributed by atoms with Crippen LogP contribution in [0.3, 0.4) is 0 Å². The highest BCUT2D eigenvalue weighted by Gasteiger charge is 2.40. The zero-order valence-electron chi connectivity index (χ0n) is 20.5. The Hall–Kier alpha value is -1.26. The largest absolute Gasteiger partial charge is 0.493 e. The Balaban J connectivity index is 0.00000306. The minimum Gasteiger partial charge on any atom is -0.493 e. The lowest BCUT2D eigenvalue weighted by Crippen LogP contribution is -2.47. The molecular formula is C25H41IN4O3. The molecular weight excluding hydrogens is 531 g/mol. The van der Waals surface area contributed by atoms with Gasteiger partial charge in [-0.05, 0) is 42.4 Å². The molecule has 3 aliphatic rings. The second-order valence-electron chi connectivity index (χ2n) is 9.44. The summed E-state index contributed by atoms with van der Waals surface area (Å²) in [6.07, 6.45) is 8.24. The standard InChI is InChI=1S/C25H40N4O3.HI/c1-26-24(29-12-11-25(19-29)9-5-4-6-10-25)27-18-21(28-13-15-32-16-14-28)20-7-8-22(30-2)23(17-20)31-3;/h7-8,17,21H,4-6,9-16,18-19H2,1-3H3,(H,26,27);1H.